The van der Waals surface area contributed by atoms with Crippen molar-refractivity contribution in [3.8, 4) is 0 Å². The molecule has 0 aromatic carbocycles. The van der Waals surface area contributed by atoms with Crippen molar-refractivity contribution in [1.82, 2.24) is 0 Å². The molecule has 1 aliphatic heterocycles. The lowest BCUT2D eigenvalue weighted by atomic mass is 9.72. The van der Waals surface area contributed by atoms with E-state index >= 15 is 0 Å². The van der Waals surface area contributed by atoms with Crippen LogP contribution in [-0.4, -0.2) is 18.0 Å². The lowest BCUT2D eigenvalue weighted by Gasteiger charge is -2.42. The minimum absolute atomic E-state index is 0.562. The molecule has 0 bridgehead atoms. The number of hydrogen-bond acceptors (Lipinski definition) is 2. The molecule has 0 aromatic heterocycles. The zero-order valence-electron chi connectivity index (χ0n) is 5.58. The molecule has 1 saturated heterocycles. The quantitative estimate of drug-likeness (QED) is 0.505. The highest BCUT2D eigenvalue weighted by molar-refractivity contribution is 7.81. The minimum Gasteiger partial charge on any atom is -0.378 e. The molecule has 9 heavy (non-hydrogen) atoms. The number of fused-ring (bicyclic) bond motifs is 1. The molecule has 1 aliphatic carbocycles. The molecule has 4 unspecified atom stereocenters. The maximum atomic E-state index is 5.49. The summed E-state index contributed by atoms with van der Waals surface area (Å²) in [5.74, 6) is 1.48. The third kappa shape index (κ3) is 0.665. The van der Waals surface area contributed by atoms with Gasteiger partial charge < -0.3 is 4.74 Å². The van der Waals surface area contributed by atoms with E-state index in [1.165, 1.54) is 6.42 Å². The van der Waals surface area contributed by atoms with E-state index in [9.17, 15) is 0 Å². The SMILES string of the molecule is CC1C(S)C2CCOC12. The Kier molecular flexibility index (Phi) is 1.27. The Morgan fingerprint density at radius 2 is 2.33 bits per heavy atom. The average molecular weight is 144 g/mol. The first-order valence-electron chi connectivity index (χ1n) is 3.60. The second-order valence-corrected chi connectivity index (χ2v) is 3.73. The summed E-state index contributed by atoms with van der Waals surface area (Å²) in [5.41, 5.74) is 0. The van der Waals surface area contributed by atoms with E-state index in [0.717, 1.165) is 12.5 Å². The maximum Gasteiger partial charge on any atom is 0.0650 e. The molecule has 0 N–H and O–H groups in total. The van der Waals surface area contributed by atoms with Gasteiger partial charge in [-0.1, -0.05) is 6.92 Å². The largest absolute Gasteiger partial charge is 0.378 e. The van der Waals surface area contributed by atoms with Crippen molar-refractivity contribution < 1.29 is 4.74 Å². The van der Waals surface area contributed by atoms with Crippen molar-refractivity contribution in [2.24, 2.45) is 11.8 Å². The highest BCUT2D eigenvalue weighted by atomic mass is 32.1. The molecule has 0 radical (unpaired) electrons. The van der Waals surface area contributed by atoms with Gasteiger partial charge in [-0.15, -0.1) is 0 Å². The first-order chi connectivity index (χ1) is 4.30. The fourth-order valence-corrected chi connectivity index (χ4v) is 2.46. The first kappa shape index (κ1) is 6.05. The van der Waals surface area contributed by atoms with Crippen molar-refractivity contribution in [2.75, 3.05) is 6.61 Å². The summed E-state index contributed by atoms with van der Waals surface area (Å²) in [6.45, 7) is 3.20. The Balaban J connectivity index is 2.06. The standard InChI is InChI=1S/C7H12OS/c1-4-6-5(7(4)9)2-3-8-6/h4-7,9H,2-3H2,1H3. The molecule has 2 rings (SSSR count). The minimum atomic E-state index is 0.562. The third-order valence-electron chi connectivity index (χ3n) is 2.68. The van der Waals surface area contributed by atoms with Crippen molar-refractivity contribution in [1.29, 1.82) is 0 Å². The van der Waals surface area contributed by atoms with Gasteiger partial charge in [-0.2, -0.15) is 12.6 Å². The topological polar surface area (TPSA) is 9.23 Å². The Labute approximate surface area is 61.2 Å². The Morgan fingerprint density at radius 3 is 3.00 bits per heavy atom. The molecule has 2 fully saturated rings. The molecule has 1 saturated carbocycles. The Morgan fingerprint density at radius 1 is 1.56 bits per heavy atom. The highest BCUT2D eigenvalue weighted by Crippen LogP contribution is 2.46. The summed E-state index contributed by atoms with van der Waals surface area (Å²) in [5, 5.41) is 0.623. The number of rotatable bonds is 0. The summed E-state index contributed by atoms with van der Waals surface area (Å²) >= 11 is 4.47. The molecule has 1 nitrogen and oxygen atoms in total. The van der Waals surface area contributed by atoms with Crippen molar-refractivity contribution in [3.63, 3.8) is 0 Å². The van der Waals surface area contributed by atoms with Crippen LogP contribution in [0.3, 0.4) is 0 Å². The van der Waals surface area contributed by atoms with Gasteiger partial charge in [0.1, 0.15) is 0 Å². The van der Waals surface area contributed by atoms with Crippen LogP contribution >= 0.6 is 12.6 Å². The smallest absolute Gasteiger partial charge is 0.0650 e. The van der Waals surface area contributed by atoms with E-state index < -0.39 is 0 Å². The van der Waals surface area contributed by atoms with Gasteiger partial charge in [0.05, 0.1) is 6.10 Å². The van der Waals surface area contributed by atoms with Crippen LogP contribution in [0.1, 0.15) is 13.3 Å². The first-order valence-corrected chi connectivity index (χ1v) is 4.12. The van der Waals surface area contributed by atoms with E-state index in [1.54, 1.807) is 0 Å². The van der Waals surface area contributed by atoms with Gasteiger partial charge in [0.25, 0.3) is 0 Å². The molecule has 0 aromatic rings. The van der Waals surface area contributed by atoms with Gasteiger partial charge in [-0.3, -0.25) is 0 Å². The summed E-state index contributed by atoms with van der Waals surface area (Å²) in [6, 6.07) is 0. The molecule has 4 atom stereocenters. The molecular formula is C7H12OS. The van der Waals surface area contributed by atoms with Crippen LogP contribution in [0.2, 0.25) is 0 Å². The fraction of sp³-hybridized carbons (Fsp3) is 1.00. The summed E-state index contributed by atoms with van der Waals surface area (Å²) < 4.78 is 5.49. The zero-order valence-corrected chi connectivity index (χ0v) is 6.47. The van der Waals surface area contributed by atoms with Crippen LogP contribution in [0.4, 0.5) is 0 Å². The van der Waals surface area contributed by atoms with Gasteiger partial charge >= 0.3 is 0 Å². The monoisotopic (exact) mass is 144 g/mol. The lowest BCUT2D eigenvalue weighted by molar-refractivity contribution is -0.0100. The van der Waals surface area contributed by atoms with E-state index in [2.05, 4.69) is 19.6 Å². The number of ether oxygens (including phenoxy) is 1. The van der Waals surface area contributed by atoms with Gasteiger partial charge in [0.15, 0.2) is 0 Å². The van der Waals surface area contributed by atoms with E-state index in [4.69, 9.17) is 4.74 Å². The molecule has 0 amide bonds. The highest BCUT2D eigenvalue weighted by Gasteiger charge is 2.49. The second-order valence-electron chi connectivity index (χ2n) is 3.14. The lowest BCUT2D eigenvalue weighted by Crippen LogP contribution is -2.48. The van der Waals surface area contributed by atoms with Crippen molar-refractivity contribution in [3.05, 3.63) is 0 Å². The predicted molar refractivity (Wildman–Crippen MR) is 39.8 cm³/mol. The third-order valence-corrected chi connectivity index (χ3v) is 3.53. The average Bonchev–Trinajstić information content (AvgIpc) is 2.30. The van der Waals surface area contributed by atoms with Crippen LogP contribution in [0.5, 0.6) is 0 Å². The normalized spacial score (nSPS) is 56.7. The Bertz CT molecular complexity index is 112. The summed E-state index contributed by atoms with van der Waals surface area (Å²) in [7, 11) is 0. The van der Waals surface area contributed by atoms with Crippen LogP contribution in [0.15, 0.2) is 0 Å². The van der Waals surface area contributed by atoms with Crippen LogP contribution < -0.4 is 0 Å². The summed E-state index contributed by atoms with van der Waals surface area (Å²) in [6.07, 6.45) is 1.80. The predicted octanol–water partition coefficient (Wildman–Crippen LogP) is 1.34. The molecule has 52 valence electrons. The number of thiol groups is 1. The van der Waals surface area contributed by atoms with Gasteiger partial charge in [-0.25, -0.2) is 0 Å². The molecule has 2 heteroatoms. The van der Waals surface area contributed by atoms with Gasteiger partial charge in [-0.05, 0) is 18.3 Å². The van der Waals surface area contributed by atoms with Crippen LogP contribution in [-0.2, 0) is 4.74 Å². The molecule has 2 aliphatic rings. The molecular weight excluding hydrogens is 132 g/mol. The van der Waals surface area contributed by atoms with Crippen LogP contribution in [0, 0.1) is 11.8 Å². The van der Waals surface area contributed by atoms with Crippen molar-refractivity contribution >= 4 is 12.6 Å². The zero-order chi connectivity index (χ0) is 6.43. The van der Waals surface area contributed by atoms with Crippen LogP contribution in [0.25, 0.3) is 0 Å². The van der Waals surface area contributed by atoms with Crippen molar-refractivity contribution in [2.45, 2.75) is 24.7 Å². The fourth-order valence-electron chi connectivity index (χ4n) is 1.97. The summed E-state index contributed by atoms with van der Waals surface area (Å²) in [4.78, 5) is 0. The van der Waals surface area contributed by atoms with E-state index in [0.29, 0.717) is 17.3 Å². The van der Waals surface area contributed by atoms with Gasteiger partial charge in [0.2, 0.25) is 0 Å². The van der Waals surface area contributed by atoms with E-state index in [-0.39, 0.29) is 0 Å². The molecule has 0 spiro atoms. The number of hydrogen-bond donors (Lipinski definition) is 1. The molecule has 1 heterocycles. The van der Waals surface area contributed by atoms with E-state index in [1.807, 2.05) is 0 Å². The van der Waals surface area contributed by atoms with Gasteiger partial charge in [0, 0.05) is 11.9 Å². The second kappa shape index (κ2) is 1.89. The maximum absolute atomic E-state index is 5.49. The Hall–Kier alpha value is 0.310.